The molecule has 2 heterocycles. The molecule has 296 valence electrons. The van der Waals surface area contributed by atoms with Crippen molar-refractivity contribution in [3.05, 3.63) is 172 Å². The fraction of sp³-hybridized carbons (Fsp3) is 0.200. The van der Waals surface area contributed by atoms with Crippen LogP contribution in [0.4, 0.5) is 28.4 Å². The van der Waals surface area contributed by atoms with Gasteiger partial charge in [-0.3, -0.25) is 4.79 Å². The largest absolute Gasteiger partial charge is 0.871 e. The van der Waals surface area contributed by atoms with E-state index in [2.05, 4.69) is 81.3 Å². The van der Waals surface area contributed by atoms with E-state index in [1.54, 1.807) is 54.6 Å². The topological polar surface area (TPSA) is 124 Å². The van der Waals surface area contributed by atoms with Gasteiger partial charge < -0.3 is 25.1 Å². The minimum atomic E-state index is -1.02. The van der Waals surface area contributed by atoms with Crippen LogP contribution in [0.1, 0.15) is 73.4 Å². The number of likely N-dealkylation sites (N-methyl/N-ethyl adjacent to an activating group) is 1. The summed E-state index contributed by atoms with van der Waals surface area (Å²) in [5.41, 5.74) is 10.3. The van der Waals surface area contributed by atoms with Crippen molar-refractivity contribution in [2.24, 2.45) is 0 Å². The van der Waals surface area contributed by atoms with Crippen LogP contribution in [-0.2, 0) is 15.6 Å². The summed E-state index contributed by atoms with van der Waals surface area (Å²) >= 11 is 0. The highest BCUT2D eigenvalue weighted by molar-refractivity contribution is 6.24. The molecule has 0 bridgehead atoms. The summed E-state index contributed by atoms with van der Waals surface area (Å²) in [4.78, 5) is 41.1. The predicted octanol–water partition coefficient (Wildman–Crippen LogP) is 9.44. The smallest absolute Gasteiger partial charge is 0.335 e. The summed E-state index contributed by atoms with van der Waals surface area (Å²) < 4.78 is 2.19. The molecule has 3 aliphatic rings. The molecule has 0 fully saturated rings. The third-order valence-corrected chi connectivity index (χ3v) is 12.1. The fourth-order valence-electron chi connectivity index (χ4n) is 8.82. The average Bonchev–Trinajstić information content (AvgIpc) is 3.59. The van der Waals surface area contributed by atoms with Gasteiger partial charge in [-0.15, -0.1) is 0 Å². The van der Waals surface area contributed by atoms with Crippen molar-refractivity contribution in [3.63, 3.8) is 0 Å². The standard InChI is InChI=1S/C50H45N3O6/c1-7-51-41-12-10-9-11-39(41)49(3,4)43(51)28-37-45(54)38(46(37)55)29-44-50(5,6)40-27-33(19-26-42(40)52(44)8-2)30-13-20-34(21-14-30)53(35-22-15-31(16-23-35)47(56)57)36-24-17-32(18-25-36)48(58)59/h9-29H,7-8H2,1-6H3,(H2-,54,55,56,57,58,59). The first-order valence-electron chi connectivity index (χ1n) is 19.8. The number of hydrogen-bond donors (Lipinski definition) is 2. The van der Waals surface area contributed by atoms with E-state index in [-0.39, 0.29) is 39.2 Å². The number of nitrogens with zero attached hydrogens (tertiary/aromatic N) is 3. The lowest BCUT2D eigenvalue weighted by Gasteiger charge is -2.32. The van der Waals surface area contributed by atoms with E-state index in [4.69, 9.17) is 0 Å². The number of benzene rings is 5. The van der Waals surface area contributed by atoms with Gasteiger partial charge in [0.2, 0.25) is 5.69 Å². The molecule has 0 amide bonds. The van der Waals surface area contributed by atoms with Crippen molar-refractivity contribution in [1.29, 1.82) is 0 Å². The molecule has 2 N–H and O–H groups in total. The number of rotatable bonds is 10. The molecule has 9 nitrogen and oxygen atoms in total. The zero-order valence-electron chi connectivity index (χ0n) is 33.9. The lowest BCUT2D eigenvalue weighted by Crippen LogP contribution is -2.35. The maximum atomic E-state index is 13.8. The highest BCUT2D eigenvalue weighted by Gasteiger charge is 2.45. The van der Waals surface area contributed by atoms with E-state index >= 15 is 0 Å². The van der Waals surface area contributed by atoms with Crippen molar-refractivity contribution in [2.75, 3.05) is 22.9 Å². The van der Waals surface area contributed by atoms with Gasteiger partial charge in [0.25, 0.3) is 0 Å². The molecule has 0 atom stereocenters. The number of aromatic carboxylic acids is 2. The molecule has 0 spiro atoms. The third kappa shape index (κ3) is 6.34. The molecule has 0 saturated heterocycles. The van der Waals surface area contributed by atoms with Crippen LogP contribution in [0.15, 0.2) is 150 Å². The Labute approximate surface area is 343 Å². The van der Waals surface area contributed by atoms with Crippen LogP contribution in [0, 0.1) is 0 Å². The Balaban J connectivity index is 1.11. The second-order valence-electron chi connectivity index (χ2n) is 16.1. The molecule has 5 aromatic rings. The molecule has 2 aliphatic heterocycles. The van der Waals surface area contributed by atoms with Crippen molar-refractivity contribution in [1.82, 2.24) is 0 Å². The van der Waals surface area contributed by atoms with Crippen LogP contribution in [-0.4, -0.2) is 51.3 Å². The Hall–Kier alpha value is -7.00. The summed E-state index contributed by atoms with van der Waals surface area (Å²) in [6.07, 6.45) is 3.61. The average molecular weight is 784 g/mol. The molecule has 9 heteroatoms. The van der Waals surface area contributed by atoms with Crippen LogP contribution in [0.5, 0.6) is 0 Å². The number of Topliss-reactive ketones (excluding diaryl/α,β-unsaturated/α-hetero) is 1. The Morgan fingerprint density at radius 2 is 1.25 bits per heavy atom. The Morgan fingerprint density at radius 3 is 1.78 bits per heavy atom. The van der Waals surface area contributed by atoms with Gasteiger partial charge in [0.05, 0.1) is 16.5 Å². The summed E-state index contributed by atoms with van der Waals surface area (Å²) in [5.74, 6) is -2.51. The molecule has 5 aromatic carbocycles. The second kappa shape index (κ2) is 14.4. The number of carboxylic acids is 2. The number of para-hydroxylation sites is 1. The van der Waals surface area contributed by atoms with Crippen molar-refractivity contribution < 1.29 is 34.3 Å². The van der Waals surface area contributed by atoms with Gasteiger partial charge >= 0.3 is 11.9 Å². The van der Waals surface area contributed by atoms with Crippen LogP contribution >= 0.6 is 0 Å². The van der Waals surface area contributed by atoms with E-state index in [9.17, 15) is 29.7 Å². The predicted molar refractivity (Wildman–Crippen MR) is 230 cm³/mol. The van der Waals surface area contributed by atoms with Gasteiger partial charge in [-0.25, -0.2) is 9.59 Å². The maximum absolute atomic E-state index is 13.8. The summed E-state index contributed by atoms with van der Waals surface area (Å²) in [5, 5.41) is 32.8. The Kier molecular flexibility index (Phi) is 9.50. The number of hydrogen-bond acceptors (Lipinski definition) is 6. The van der Waals surface area contributed by atoms with Gasteiger partial charge in [0.15, 0.2) is 11.5 Å². The van der Waals surface area contributed by atoms with Crippen LogP contribution in [0.2, 0.25) is 0 Å². The molecular weight excluding hydrogens is 739 g/mol. The fourth-order valence-corrected chi connectivity index (χ4v) is 8.82. The molecule has 0 radical (unpaired) electrons. The van der Waals surface area contributed by atoms with Crippen molar-refractivity contribution >= 4 is 51.9 Å². The highest BCUT2D eigenvalue weighted by atomic mass is 16.4. The Morgan fingerprint density at radius 1 is 0.712 bits per heavy atom. The number of carbonyl (C=O) groups is 3. The SMILES string of the molecule is CCN1/C(=C/C2=C([O-])C(=C\C3=[N+](CC)c4ccccc4C3(C)C)/C2=O)C(C)(C)c2cc(-c3ccc(N(c4ccc(C(=O)O)cc4)c4ccc(C(=O)O)cc4)cc3)ccc21. The summed E-state index contributed by atoms with van der Waals surface area (Å²) in [6, 6.07) is 35.7. The van der Waals surface area contributed by atoms with E-state index < -0.39 is 17.4 Å². The zero-order valence-corrected chi connectivity index (χ0v) is 33.9. The molecular formula is C50H45N3O6. The van der Waals surface area contributed by atoms with Gasteiger partial charge in [-0.05, 0) is 123 Å². The molecule has 0 unspecified atom stereocenters. The van der Waals surface area contributed by atoms with Crippen molar-refractivity contribution in [3.8, 4) is 11.1 Å². The second-order valence-corrected chi connectivity index (χ2v) is 16.1. The van der Waals surface area contributed by atoms with Crippen LogP contribution < -0.4 is 14.9 Å². The van der Waals surface area contributed by atoms with E-state index in [0.29, 0.717) is 17.9 Å². The number of anilines is 4. The first kappa shape index (κ1) is 38.9. The minimum Gasteiger partial charge on any atom is -0.871 e. The first-order chi connectivity index (χ1) is 28.2. The number of ketones is 1. The molecule has 59 heavy (non-hydrogen) atoms. The third-order valence-electron chi connectivity index (χ3n) is 12.1. The van der Waals surface area contributed by atoms with E-state index in [0.717, 1.165) is 51.7 Å². The van der Waals surface area contributed by atoms with Crippen molar-refractivity contribution in [2.45, 2.75) is 52.4 Å². The van der Waals surface area contributed by atoms with Gasteiger partial charge in [0.1, 0.15) is 6.54 Å². The maximum Gasteiger partial charge on any atom is 0.335 e. The van der Waals surface area contributed by atoms with Crippen LogP contribution in [0.25, 0.3) is 11.1 Å². The number of fused-ring (bicyclic) bond motifs is 2. The first-order valence-corrected chi connectivity index (χ1v) is 19.8. The molecule has 0 aromatic heterocycles. The summed E-state index contributed by atoms with van der Waals surface area (Å²) in [7, 11) is 0. The normalized spacial score (nSPS) is 17.7. The molecule has 0 saturated carbocycles. The van der Waals surface area contributed by atoms with Crippen LogP contribution in [0.3, 0.4) is 0 Å². The quantitative estimate of drug-likeness (QED) is 0.106. The van der Waals surface area contributed by atoms with Gasteiger partial charge in [0, 0.05) is 69.3 Å². The lowest BCUT2D eigenvalue weighted by molar-refractivity contribution is -0.433. The lowest BCUT2D eigenvalue weighted by atomic mass is 9.77. The number of allylic oxidation sites excluding steroid dienone is 5. The molecule has 1 aliphatic carbocycles. The summed E-state index contributed by atoms with van der Waals surface area (Å²) in [6.45, 7) is 14.0. The number of carboxylic acid groups (broad SMARTS) is 2. The highest BCUT2D eigenvalue weighted by Crippen LogP contribution is 2.50. The van der Waals surface area contributed by atoms with E-state index in [1.165, 1.54) is 5.56 Å². The minimum absolute atomic E-state index is 0.160. The van der Waals surface area contributed by atoms with Gasteiger partial charge in [-0.2, -0.15) is 4.58 Å². The zero-order chi connectivity index (χ0) is 42.0. The van der Waals surface area contributed by atoms with Gasteiger partial charge in [-0.1, -0.05) is 56.0 Å². The Bertz CT molecular complexity index is 2640. The molecule has 8 rings (SSSR count). The van der Waals surface area contributed by atoms with E-state index in [1.807, 2.05) is 47.4 Å². The monoisotopic (exact) mass is 783 g/mol. The number of carbonyl (C=O) groups excluding carboxylic acids is 1.